The number of benzene rings is 1. The van der Waals surface area contributed by atoms with Crippen molar-refractivity contribution >= 4 is 33.7 Å². The molecule has 2 bridgehead atoms. The minimum absolute atomic E-state index is 0.170. The van der Waals surface area contributed by atoms with Gasteiger partial charge in [0.25, 0.3) is 0 Å². The Balaban J connectivity index is 1.70. The minimum atomic E-state index is -1.13. The molecule has 1 spiro atoms. The van der Waals surface area contributed by atoms with Gasteiger partial charge in [0.2, 0.25) is 17.7 Å². The van der Waals surface area contributed by atoms with Crippen molar-refractivity contribution in [2.75, 3.05) is 6.61 Å². The van der Waals surface area contributed by atoms with Crippen LogP contribution in [0.3, 0.4) is 0 Å². The number of hydrogen-bond donors (Lipinski definition) is 3. The molecule has 7 atom stereocenters. The molecule has 3 aliphatic heterocycles. The zero-order chi connectivity index (χ0) is 26.4. The Hall–Kier alpha value is -1.97. The van der Waals surface area contributed by atoms with E-state index in [1.54, 1.807) is 0 Å². The first-order valence-corrected chi connectivity index (χ1v) is 13.7. The zero-order valence-electron chi connectivity index (χ0n) is 21.7. The summed E-state index contributed by atoms with van der Waals surface area (Å²) in [6.45, 7) is 9.77. The highest BCUT2D eigenvalue weighted by molar-refractivity contribution is 9.09. The molecule has 198 valence electrons. The Labute approximate surface area is 221 Å². The number of carbonyl (C=O) groups is 3. The van der Waals surface area contributed by atoms with Crippen LogP contribution in [0.5, 0.6) is 0 Å². The van der Waals surface area contributed by atoms with Crippen molar-refractivity contribution < 1.29 is 24.2 Å². The van der Waals surface area contributed by atoms with Crippen LogP contribution in [0.15, 0.2) is 30.3 Å². The van der Waals surface area contributed by atoms with E-state index in [0.29, 0.717) is 19.4 Å². The average Bonchev–Trinajstić information content (AvgIpc) is 3.38. The van der Waals surface area contributed by atoms with Gasteiger partial charge in [-0.15, -0.1) is 0 Å². The van der Waals surface area contributed by atoms with Gasteiger partial charge in [-0.25, -0.2) is 0 Å². The van der Waals surface area contributed by atoms with E-state index in [-0.39, 0.29) is 35.1 Å². The number of aliphatic hydroxyl groups excluding tert-OH is 1. The minimum Gasteiger partial charge on any atom is -0.394 e. The van der Waals surface area contributed by atoms with E-state index in [2.05, 4.69) is 26.6 Å². The second-order valence-corrected chi connectivity index (χ2v) is 13.0. The normalized spacial score (nSPS) is 32.1. The number of nitrogens with zero attached hydrogens (tertiary/aromatic N) is 1. The van der Waals surface area contributed by atoms with Gasteiger partial charge in [0.05, 0.1) is 30.6 Å². The first-order valence-electron chi connectivity index (χ1n) is 12.8. The molecular formula is C27H38BrN3O5. The number of fused-ring (bicyclic) bond motifs is 1. The van der Waals surface area contributed by atoms with Gasteiger partial charge in [0, 0.05) is 16.9 Å². The van der Waals surface area contributed by atoms with Crippen LogP contribution in [0.2, 0.25) is 0 Å². The second kappa shape index (κ2) is 10.1. The first-order chi connectivity index (χ1) is 16.9. The second-order valence-electron chi connectivity index (χ2n) is 11.8. The molecule has 3 heterocycles. The lowest BCUT2D eigenvalue weighted by Crippen LogP contribution is -2.60. The summed E-state index contributed by atoms with van der Waals surface area (Å²) in [5, 5.41) is 16.3. The highest BCUT2D eigenvalue weighted by Gasteiger charge is 2.77. The first kappa shape index (κ1) is 27.1. The van der Waals surface area contributed by atoms with Gasteiger partial charge in [0.15, 0.2) is 0 Å². The molecular weight excluding hydrogens is 526 g/mol. The van der Waals surface area contributed by atoms with Crippen LogP contribution in [0.4, 0.5) is 0 Å². The maximum absolute atomic E-state index is 14.1. The third-order valence-corrected chi connectivity index (χ3v) is 8.28. The van der Waals surface area contributed by atoms with E-state index in [9.17, 15) is 19.5 Å². The molecule has 3 unspecified atom stereocenters. The van der Waals surface area contributed by atoms with Gasteiger partial charge in [0.1, 0.15) is 11.6 Å². The Morgan fingerprint density at radius 1 is 1.22 bits per heavy atom. The van der Waals surface area contributed by atoms with Gasteiger partial charge in [-0.2, -0.15) is 0 Å². The van der Waals surface area contributed by atoms with Gasteiger partial charge < -0.3 is 25.4 Å². The lowest BCUT2D eigenvalue weighted by molar-refractivity contribution is -0.146. The Bertz CT molecular complexity index is 997. The quantitative estimate of drug-likeness (QED) is 0.421. The Morgan fingerprint density at radius 3 is 2.47 bits per heavy atom. The number of likely N-dealkylation sites (tertiary alicyclic amines) is 1. The number of alkyl halides is 1. The molecule has 0 aromatic heterocycles. The highest BCUT2D eigenvalue weighted by Crippen LogP contribution is 2.60. The summed E-state index contributed by atoms with van der Waals surface area (Å²) in [5.74, 6) is -2.17. The van der Waals surface area contributed by atoms with Crippen molar-refractivity contribution in [3.63, 3.8) is 0 Å². The van der Waals surface area contributed by atoms with Gasteiger partial charge in [-0.3, -0.25) is 14.4 Å². The topological polar surface area (TPSA) is 108 Å². The molecule has 3 amide bonds. The van der Waals surface area contributed by atoms with Gasteiger partial charge >= 0.3 is 0 Å². The standard InChI is InChI=1S/C27H38BrN3O5/c1-15(2)11-17(14-32)31-22(24(34)30-26(3,4)5)27-12-18(28)21(36-27)19(20(27)25(31)35)23(33)29-13-16-9-7-6-8-10-16/h6-10,15,17-22,32H,11-14H2,1-5H3,(H,29,33)(H,30,34)/t17-,18?,19-,20+,21-,22?,27?/m1/s1. The fourth-order valence-corrected chi connectivity index (χ4v) is 7.16. The van der Waals surface area contributed by atoms with Crippen LogP contribution in [0, 0.1) is 17.8 Å². The van der Waals surface area contributed by atoms with Crippen molar-refractivity contribution in [1.29, 1.82) is 0 Å². The fourth-order valence-electron chi connectivity index (χ4n) is 6.22. The Morgan fingerprint density at radius 2 is 1.89 bits per heavy atom. The summed E-state index contributed by atoms with van der Waals surface area (Å²) < 4.78 is 6.52. The summed E-state index contributed by atoms with van der Waals surface area (Å²) in [6.07, 6.45) is 0.463. The Kier molecular flexibility index (Phi) is 7.57. The molecule has 36 heavy (non-hydrogen) atoms. The van der Waals surface area contributed by atoms with Gasteiger partial charge in [-0.05, 0) is 45.1 Å². The van der Waals surface area contributed by atoms with Crippen LogP contribution < -0.4 is 10.6 Å². The van der Waals surface area contributed by atoms with Crippen LogP contribution in [-0.4, -0.2) is 68.5 Å². The molecule has 0 aliphatic carbocycles. The van der Waals surface area contributed by atoms with Crippen LogP contribution in [0.1, 0.15) is 53.0 Å². The molecule has 0 saturated carbocycles. The summed E-state index contributed by atoms with van der Waals surface area (Å²) in [5.41, 5.74) is -0.701. The molecule has 3 saturated heterocycles. The molecule has 1 aromatic rings. The number of hydrogen-bond acceptors (Lipinski definition) is 5. The predicted octanol–water partition coefficient (Wildman–Crippen LogP) is 2.37. The zero-order valence-corrected chi connectivity index (χ0v) is 23.2. The SMILES string of the molecule is CC(C)C[C@H](CO)N1C(=O)[C@@H]2[C@@H](C(=O)NCc3ccccc3)[C@@H]3OC2(CC3Br)C1C(=O)NC(C)(C)C. The molecule has 9 heteroatoms. The molecule has 3 fully saturated rings. The third-order valence-electron chi connectivity index (χ3n) is 7.43. The number of aliphatic hydroxyl groups is 1. The highest BCUT2D eigenvalue weighted by atomic mass is 79.9. The molecule has 0 radical (unpaired) electrons. The van der Waals surface area contributed by atoms with Crippen LogP contribution in [-0.2, 0) is 25.7 Å². The lowest BCUT2D eigenvalue weighted by Gasteiger charge is -2.38. The van der Waals surface area contributed by atoms with E-state index in [4.69, 9.17) is 4.74 Å². The number of amides is 3. The summed E-state index contributed by atoms with van der Waals surface area (Å²) in [4.78, 5) is 42.7. The van der Waals surface area contributed by atoms with E-state index in [1.807, 2.05) is 65.0 Å². The van der Waals surface area contributed by atoms with E-state index in [1.165, 1.54) is 4.90 Å². The molecule has 8 nitrogen and oxygen atoms in total. The summed E-state index contributed by atoms with van der Waals surface area (Å²) in [6, 6.07) is 8.12. The van der Waals surface area contributed by atoms with Crippen LogP contribution >= 0.6 is 15.9 Å². The molecule has 3 aliphatic rings. The summed E-state index contributed by atoms with van der Waals surface area (Å²) in [7, 11) is 0. The van der Waals surface area contributed by atoms with Crippen LogP contribution in [0.25, 0.3) is 0 Å². The maximum Gasteiger partial charge on any atom is 0.246 e. The van der Waals surface area contributed by atoms with Crippen molar-refractivity contribution in [2.24, 2.45) is 17.8 Å². The van der Waals surface area contributed by atoms with Gasteiger partial charge in [-0.1, -0.05) is 60.1 Å². The maximum atomic E-state index is 14.1. The van der Waals surface area contributed by atoms with Crippen molar-refractivity contribution in [3.05, 3.63) is 35.9 Å². The van der Waals surface area contributed by atoms with Crippen molar-refractivity contribution in [3.8, 4) is 0 Å². The lowest BCUT2D eigenvalue weighted by atomic mass is 9.70. The van der Waals surface area contributed by atoms with Crippen molar-refractivity contribution in [2.45, 2.75) is 88.2 Å². The fraction of sp³-hybridized carbons (Fsp3) is 0.667. The summed E-state index contributed by atoms with van der Waals surface area (Å²) >= 11 is 3.69. The molecule has 3 N–H and O–H groups in total. The predicted molar refractivity (Wildman–Crippen MR) is 139 cm³/mol. The van der Waals surface area contributed by atoms with E-state index in [0.717, 1.165) is 5.56 Å². The molecule has 1 aromatic carbocycles. The largest absolute Gasteiger partial charge is 0.394 e. The third kappa shape index (κ3) is 4.82. The van der Waals surface area contributed by atoms with E-state index >= 15 is 0 Å². The molecule has 4 rings (SSSR count). The average molecular weight is 565 g/mol. The number of nitrogens with one attached hydrogen (secondary N) is 2. The number of carbonyl (C=O) groups excluding carboxylic acids is 3. The number of halogens is 1. The number of ether oxygens (including phenoxy) is 1. The smallest absolute Gasteiger partial charge is 0.246 e. The van der Waals surface area contributed by atoms with Crippen molar-refractivity contribution in [1.82, 2.24) is 15.5 Å². The van der Waals surface area contributed by atoms with E-state index < -0.39 is 41.2 Å². The monoisotopic (exact) mass is 563 g/mol. The number of rotatable bonds is 8.